The third-order valence-electron chi connectivity index (χ3n) is 4.42. The van der Waals surface area contributed by atoms with Crippen molar-refractivity contribution < 1.29 is 14.6 Å². The molecule has 2 rings (SSSR count). The Labute approximate surface area is 132 Å². The van der Waals surface area contributed by atoms with Crippen LogP contribution in [0.15, 0.2) is 30.3 Å². The van der Waals surface area contributed by atoms with Crippen molar-refractivity contribution in [2.24, 2.45) is 11.8 Å². The van der Waals surface area contributed by atoms with Gasteiger partial charge in [-0.05, 0) is 30.2 Å². The fourth-order valence-corrected chi connectivity index (χ4v) is 2.84. The predicted molar refractivity (Wildman–Crippen MR) is 86.2 cm³/mol. The normalized spacial score (nSPS) is 20.9. The Morgan fingerprint density at radius 2 is 2.05 bits per heavy atom. The van der Waals surface area contributed by atoms with Crippen LogP contribution in [0.25, 0.3) is 0 Å². The van der Waals surface area contributed by atoms with E-state index in [1.165, 1.54) is 0 Å². The van der Waals surface area contributed by atoms with Gasteiger partial charge in [-0.3, -0.25) is 4.79 Å². The van der Waals surface area contributed by atoms with Gasteiger partial charge in [0.2, 0.25) is 5.91 Å². The molecule has 1 aromatic carbocycles. The van der Waals surface area contributed by atoms with Gasteiger partial charge in [-0.1, -0.05) is 44.2 Å². The molecule has 1 heterocycles. The van der Waals surface area contributed by atoms with Crippen LogP contribution in [0, 0.1) is 11.8 Å². The highest BCUT2D eigenvalue weighted by molar-refractivity contribution is 5.78. The molecule has 0 aromatic heterocycles. The quantitative estimate of drug-likeness (QED) is 0.776. The Bertz CT molecular complexity index is 461. The minimum Gasteiger partial charge on any atom is -0.391 e. The lowest BCUT2D eigenvalue weighted by Crippen LogP contribution is -2.38. The third kappa shape index (κ3) is 5.11. The van der Waals surface area contributed by atoms with Crippen LogP contribution in [0.2, 0.25) is 0 Å². The molecular weight excluding hydrogens is 278 g/mol. The molecule has 0 bridgehead atoms. The topological polar surface area (TPSA) is 58.6 Å². The molecule has 1 saturated heterocycles. The largest absolute Gasteiger partial charge is 0.391 e. The second-order valence-corrected chi connectivity index (χ2v) is 6.52. The van der Waals surface area contributed by atoms with Crippen LogP contribution in [0.3, 0.4) is 0 Å². The Morgan fingerprint density at radius 3 is 2.64 bits per heavy atom. The highest BCUT2D eigenvalue weighted by Crippen LogP contribution is 2.22. The van der Waals surface area contributed by atoms with Gasteiger partial charge in [0.25, 0.3) is 0 Å². The van der Waals surface area contributed by atoms with E-state index in [2.05, 4.69) is 19.2 Å². The summed E-state index contributed by atoms with van der Waals surface area (Å²) < 4.78 is 5.83. The van der Waals surface area contributed by atoms with E-state index < -0.39 is 6.10 Å². The molecule has 0 radical (unpaired) electrons. The number of rotatable bonds is 8. The molecule has 1 fully saturated rings. The highest BCUT2D eigenvalue weighted by atomic mass is 16.5. The summed E-state index contributed by atoms with van der Waals surface area (Å²) in [6.45, 7) is 5.53. The molecule has 1 amide bonds. The van der Waals surface area contributed by atoms with Gasteiger partial charge in [0.1, 0.15) is 0 Å². The number of carbonyl (C=O) groups excluding carboxylic acids is 1. The van der Waals surface area contributed by atoms with E-state index in [0.29, 0.717) is 32.0 Å². The van der Waals surface area contributed by atoms with Crippen molar-refractivity contribution in [3.8, 4) is 0 Å². The smallest absolute Gasteiger partial charge is 0.220 e. The third-order valence-corrected chi connectivity index (χ3v) is 4.42. The number of amides is 1. The molecule has 1 aromatic rings. The number of hydrogen-bond acceptors (Lipinski definition) is 3. The van der Waals surface area contributed by atoms with Crippen molar-refractivity contribution in [3.05, 3.63) is 35.9 Å². The number of carbonyl (C=O) groups is 1. The van der Waals surface area contributed by atoms with Crippen LogP contribution in [0.4, 0.5) is 0 Å². The fourth-order valence-electron chi connectivity index (χ4n) is 2.84. The Kier molecular flexibility index (Phi) is 6.40. The average molecular weight is 305 g/mol. The number of ether oxygens (including phenoxy) is 1. The van der Waals surface area contributed by atoms with Gasteiger partial charge in [0.05, 0.1) is 25.4 Å². The molecule has 1 aliphatic heterocycles. The SMILES string of the molecule is CC(C)[C@@H](COCc1ccccc1)CC(O)C1CCC(=O)N1. The molecule has 2 unspecified atom stereocenters. The van der Waals surface area contributed by atoms with Crippen molar-refractivity contribution in [1.29, 1.82) is 0 Å². The number of benzene rings is 1. The Balaban J connectivity index is 1.78. The zero-order valence-electron chi connectivity index (χ0n) is 13.5. The maximum atomic E-state index is 11.3. The van der Waals surface area contributed by atoms with Gasteiger partial charge >= 0.3 is 0 Å². The molecule has 0 aliphatic carbocycles. The van der Waals surface area contributed by atoms with Crippen LogP contribution < -0.4 is 5.32 Å². The van der Waals surface area contributed by atoms with Gasteiger partial charge in [-0.25, -0.2) is 0 Å². The van der Waals surface area contributed by atoms with Crippen molar-refractivity contribution in [1.82, 2.24) is 5.32 Å². The van der Waals surface area contributed by atoms with Crippen LogP contribution in [-0.4, -0.2) is 29.8 Å². The minimum absolute atomic E-state index is 0.0467. The lowest BCUT2D eigenvalue weighted by atomic mass is 9.88. The number of hydrogen-bond donors (Lipinski definition) is 2. The molecule has 1 aliphatic rings. The zero-order chi connectivity index (χ0) is 15.9. The summed E-state index contributed by atoms with van der Waals surface area (Å²) >= 11 is 0. The summed E-state index contributed by atoms with van der Waals surface area (Å²) in [5, 5.41) is 13.2. The Morgan fingerprint density at radius 1 is 1.32 bits per heavy atom. The number of aliphatic hydroxyl groups excluding tert-OH is 1. The molecule has 0 saturated carbocycles. The van der Waals surface area contributed by atoms with Crippen LogP contribution in [-0.2, 0) is 16.1 Å². The first-order valence-corrected chi connectivity index (χ1v) is 8.15. The number of nitrogens with one attached hydrogen (secondary N) is 1. The van der Waals surface area contributed by atoms with Crippen molar-refractivity contribution in [3.63, 3.8) is 0 Å². The summed E-state index contributed by atoms with van der Waals surface area (Å²) in [5.74, 6) is 0.768. The molecule has 3 atom stereocenters. The number of aliphatic hydroxyl groups is 1. The summed E-state index contributed by atoms with van der Waals surface area (Å²) in [6, 6.07) is 10.0. The van der Waals surface area contributed by atoms with Gasteiger partial charge in [-0.15, -0.1) is 0 Å². The van der Waals surface area contributed by atoms with E-state index in [9.17, 15) is 9.90 Å². The maximum absolute atomic E-state index is 11.3. The fraction of sp³-hybridized carbons (Fsp3) is 0.611. The standard InChI is InChI=1S/C18H27NO3/c1-13(2)15(10-17(20)16-8-9-18(21)19-16)12-22-11-14-6-4-3-5-7-14/h3-7,13,15-17,20H,8-12H2,1-2H3,(H,19,21)/t15-,16?,17?/m1/s1. The Hall–Kier alpha value is -1.39. The second-order valence-electron chi connectivity index (χ2n) is 6.52. The molecule has 4 nitrogen and oxygen atoms in total. The minimum atomic E-state index is -0.487. The van der Waals surface area contributed by atoms with E-state index >= 15 is 0 Å². The van der Waals surface area contributed by atoms with Gasteiger partial charge < -0.3 is 15.2 Å². The monoisotopic (exact) mass is 305 g/mol. The predicted octanol–water partition coefficient (Wildman–Crippen LogP) is 2.50. The van der Waals surface area contributed by atoms with E-state index in [1.54, 1.807) is 0 Å². The van der Waals surface area contributed by atoms with Crippen LogP contribution in [0.5, 0.6) is 0 Å². The first kappa shape index (κ1) is 17.0. The second kappa shape index (κ2) is 8.30. The molecule has 22 heavy (non-hydrogen) atoms. The van der Waals surface area contributed by atoms with Crippen LogP contribution >= 0.6 is 0 Å². The molecule has 2 N–H and O–H groups in total. The zero-order valence-corrected chi connectivity index (χ0v) is 13.5. The van der Waals surface area contributed by atoms with E-state index in [4.69, 9.17) is 4.74 Å². The summed E-state index contributed by atoms with van der Waals surface area (Å²) in [7, 11) is 0. The van der Waals surface area contributed by atoms with Gasteiger partial charge in [0.15, 0.2) is 0 Å². The molecular formula is C18H27NO3. The lowest BCUT2D eigenvalue weighted by Gasteiger charge is -2.26. The molecule has 0 spiro atoms. The summed E-state index contributed by atoms with van der Waals surface area (Å²) in [4.78, 5) is 11.3. The van der Waals surface area contributed by atoms with E-state index in [1.807, 2.05) is 30.3 Å². The van der Waals surface area contributed by atoms with Gasteiger partial charge in [0, 0.05) is 6.42 Å². The lowest BCUT2D eigenvalue weighted by molar-refractivity contribution is -0.119. The van der Waals surface area contributed by atoms with Crippen molar-refractivity contribution in [2.45, 2.75) is 51.9 Å². The summed E-state index contributed by atoms with van der Waals surface area (Å²) in [5.41, 5.74) is 1.16. The first-order chi connectivity index (χ1) is 10.6. The van der Waals surface area contributed by atoms with Crippen molar-refractivity contribution >= 4 is 5.91 Å². The molecule has 4 heteroatoms. The maximum Gasteiger partial charge on any atom is 0.220 e. The highest BCUT2D eigenvalue weighted by Gasteiger charge is 2.30. The summed E-state index contributed by atoms with van der Waals surface area (Å²) in [6.07, 6.45) is 1.44. The average Bonchev–Trinajstić information content (AvgIpc) is 2.93. The van der Waals surface area contributed by atoms with E-state index in [0.717, 1.165) is 12.0 Å². The van der Waals surface area contributed by atoms with E-state index in [-0.39, 0.29) is 17.9 Å². The van der Waals surface area contributed by atoms with Crippen molar-refractivity contribution in [2.75, 3.05) is 6.61 Å². The first-order valence-electron chi connectivity index (χ1n) is 8.15. The van der Waals surface area contributed by atoms with Crippen LogP contribution in [0.1, 0.15) is 38.7 Å². The molecule has 122 valence electrons. The van der Waals surface area contributed by atoms with Gasteiger partial charge in [-0.2, -0.15) is 0 Å².